The van der Waals surface area contributed by atoms with E-state index in [9.17, 15) is 4.79 Å². The predicted molar refractivity (Wildman–Crippen MR) is 81.2 cm³/mol. The van der Waals surface area contributed by atoms with Gasteiger partial charge in [-0.1, -0.05) is 22.9 Å². The molecule has 3 aromatic rings. The second-order valence-electron chi connectivity index (χ2n) is 4.06. The molecule has 1 amide bonds. The number of fused-ring (bicyclic) bond motifs is 1. The highest BCUT2D eigenvalue weighted by molar-refractivity contribution is 7.22. The number of amides is 1. The van der Waals surface area contributed by atoms with Crippen LogP contribution in [-0.2, 0) is 0 Å². The molecular weight excluding hydrogens is 296 g/mol. The van der Waals surface area contributed by atoms with Gasteiger partial charge in [-0.15, -0.1) is 0 Å². The van der Waals surface area contributed by atoms with Crippen molar-refractivity contribution in [2.24, 2.45) is 0 Å². The number of nitrogens with two attached hydrogens (primary N) is 1. The Hall–Kier alpha value is -2.18. The molecule has 0 bridgehead atoms. The number of halogens is 1. The molecule has 0 aliphatic carbocycles. The van der Waals surface area contributed by atoms with Crippen LogP contribution in [0.15, 0.2) is 36.5 Å². The molecule has 5 nitrogen and oxygen atoms in total. The highest BCUT2D eigenvalue weighted by Gasteiger charge is 2.09. The third-order valence-electron chi connectivity index (χ3n) is 2.65. The minimum absolute atomic E-state index is 0.221. The van der Waals surface area contributed by atoms with Crippen molar-refractivity contribution in [3.05, 3.63) is 47.2 Å². The van der Waals surface area contributed by atoms with Crippen LogP contribution in [0.1, 0.15) is 10.4 Å². The number of nitrogens with zero attached hydrogens (tertiary/aromatic N) is 2. The van der Waals surface area contributed by atoms with Crippen molar-refractivity contribution in [3.8, 4) is 0 Å². The Labute approximate surface area is 123 Å². The van der Waals surface area contributed by atoms with Crippen molar-refractivity contribution in [2.45, 2.75) is 0 Å². The number of carbonyl (C=O) groups excluding carboxylic acids is 1. The van der Waals surface area contributed by atoms with E-state index in [0.717, 1.165) is 10.2 Å². The summed E-state index contributed by atoms with van der Waals surface area (Å²) < 4.78 is 0.878. The maximum atomic E-state index is 12.2. The van der Waals surface area contributed by atoms with Gasteiger partial charge in [-0.25, -0.2) is 9.97 Å². The average Bonchev–Trinajstić information content (AvgIpc) is 2.77. The largest absolute Gasteiger partial charge is 0.375 e. The lowest BCUT2D eigenvalue weighted by molar-refractivity contribution is 0.102. The van der Waals surface area contributed by atoms with E-state index in [-0.39, 0.29) is 5.91 Å². The molecule has 0 unspecified atom stereocenters. The minimum atomic E-state index is -0.221. The maximum absolute atomic E-state index is 12.2. The third kappa shape index (κ3) is 2.56. The Morgan fingerprint density at radius 3 is 2.95 bits per heavy atom. The number of nitrogens with one attached hydrogen (secondary N) is 1. The van der Waals surface area contributed by atoms with Gasteiger partial charge >= 0.3 is 0 Å². The van der Waals surface area contributed by atoms with Gasteiger partial charge in [-0.2, -0.15) is 0 Å². The molecule has 0 radical (unpaired) electrons. The molecule has 0 fully saturated rings. The molecule has 20 heavy (non-hydrogen) atoms. The van der Waals surface area contributed by atoms with E-state index in [1.54, 1.807) is 30.3 Å². The van der Waals surface area contributed by atoms with Crippen LogP contribution < -0.4 is 11.1 Å². The van der Waals surface area contributed by atoms with Gasteiger partial charge in [0.05, 0.1) is 10.2 Å². The smallest absolute Gasteiger partial charge is 0.255 e. The first-order valence-electron chi connectivity index (χ1n) is 5.71. The number of aromatic nitrogens is 2. The third-order valence-corrected chi connectivity index (χ3v) is 3.71. The van der Waals surface area contributed by atoms with Crippen LogP contribution in [0.3, 0.4) is 0 Å². The fraction of sp³-hybridized carbons (Fsp3) is 0. The lowest BCUT2D eigenvalue weighted by Crippen LogP contribution is -2.11. The predicted octanol–water partition coefficient (Wildman–Crippen LogP) is 3.18. The van der Waals surface area contributed by atoms with E-state index in [1.165, 1.54) is 17.5 Å². The van der Waals surface area contributed by atoms with Crippen LogP contribution in [0.4, 0.5) is 10.8 Å². The van der Waals surface area contributed by atoms with Crippen molar-refractivity contribution in [1.82, 2.24) is 9.97 Å². The number of rotatable bonds is 2. The number of anilines is 2. The Balaban J connectivity index is 1.88. The molecule has 3 rings (SSSR count). The number of thiazole rings is 1. The van der Waals surface area contributed by atoms with Crippen molar-refractivity contribution >= 4 is 49.9 Å². The number of hydrogen-bond acceptors (Lipinski definition) is 5. The van der Waals surface area contributed by atoms with Gasteiger partial charge in [0.15, 0.2) is 5.13 Å². The fourth-order valence-corrected chi connectivity index (χ4v) is 2.71. The van der Waals surface area contributed by atoms with E-state index in [1.807, 2.05) is 0 Å². The molecule has 0 atom stereocenters. The molecule has 0 aliphatic heterocycles. The lowest BCUT2D eigenvalue weighted by atomic mass is 10.2. The summed E-state index contributed by atoms with van der Waals surface area (Å²) in [5.41, 5.74) is 7.56. The van der Waals surface area contributed by atoms with Crippen molar-refractivity contribution < 1.29 is 4.79 Å². The molecule has 0 saturated carbocycles. The maximum Gasteiger partial charge on any atom is 0.255 e. The van der Waals surface area contributed by atoms with Gasteiger partial charge in [0.1, 0.15) is 5.15 Å². The molecule has 7 heteroatoms. The number of pyridine rings is 1. The van der Waals surface area contributed by atoms with Crippen LogP contribution in [0.5, 0.6) is 0 Å². The quantitative estimate of drug-likeness (QED) is 0.712. The zero-order valence-electron chi connectivity index (χ0n) is 10.1. The number of carbonyl (C=O) groups is 1. The van der Waals surface area contributed by atoms with Gasteiger partial charge in [-0.05, 0) is 30.3 Å². The number of benzene rings is 1. The normalized spacial score (nSPS) is 10.7. The molecule has 100 valence electrons. The van der Waals surface area contributed by atoms with Crippen LogP contribution in [0.25, 0.3) is 10.2 Å². The summed E-state index contributed by atoms with van der Waals surface area (Å²) in [5.74, 6) is -0.221. The monoisotopic (exact) mass is 304 g/mol. The summed E-state index contributed by atoms with van der Waals surface area (Å²) >= 11 is 7.12. The number of hydrogen-bond donors (Lipinski definition) is 2. The second-order valence-corrected chi connectivity index (χ2v) is 5.51. The van der Waals surface area contributed by atoms with Gasteiger partial charge in [0.2, 0.25) is 0 Å². The lowest BCUT2D eigenvalue weighted by Gasteiger charge is -2.05. The second kappa shape index (κ2) is 5.07. The standard InChI is InChI=1S/C13H9ClN4OS/c14-11-6-8(3-4-16-11)17-12(19)7-1-2-9-10(5-7)20-13(15)18-9/h1-6H,(H2,15,18)(H,16,17,19). The van der Waals surface area contributed by atoms with E-state index < -0.39 is 0 Å². The Bertz CT molecular complexity index is 802. The van der Waals surface area contributed by atoms with E-state index >= 15 is 0 Å². The Morgan fingerprint density at radius 1 is 1.30 bits per heavy atom. The highest BCUT2D eigenvalue weighted by Crippen LogP contribution is 2.25. The summed E-state index contributed by atoms with van der Waals surface area (Å²) in [6.45, 7) is 0. The first kappa shape index (κ1) is 12.8. The zero-order valence-corrected chi connectivity index (χ0v) is 11.7. The summed E-state index contributed by atoms with van der Waals surface area (Å²) in [6.07, 6.45) is 1.53. The van der Waals surface area contributed by atoms with E-state index in [2.05, 4.69) is 15.3 Å². The highest BCUT2D eigenvalue weighted by atomic mass is 35.5. The summed E-state index contributed by atoms with van der Waals surface area (Å²) in [4.78, 5) is 20.2. The molecule has 3 N–H and O–H groups in total. The van der Waals surface area contributed by atoms with Crippen LogP contribution in [0.2, 0.25) is 5.15 Å². The van der Waals surface area contributed by atoms with Crippen molar-refractivity contribution in [1.29, 1.82) is 0 Å². The topological polar surface area (TPSA) is 80.9 Å². The van der Waals surface area contributed by atoms with Crippen molar-refractivity contribution in [2.75, 3.05) is 11.1 Å². The molecule has 0 saturated heterocycles. The molecule has 0 spiro atoms. The molecule has 2 aromatic heterocycles. The number of nitrogen functional groups attached to an aromatic ring is 1. The Morgan fingerprint density at radius 2 is 2.15 bits per heavy atom. The average molecular weight is 305 g/mol. The summed E-state index contributed by atoms with van der Waals surface area (Å²) in [5, 5.41) is 3.57. The van der Waals surface area contributed by atoms with Crippen LogP contribution in [-0.4, -0.2) is 15.9 Å². The molecular formula is C13H9ClN4OS. The van der Waals surface area contributed by atoms with Gasteiger partial charge in [0.25, 0.3) is 5.91 Å². The van der Waals surface area contributed by atoms with Gasteiger partial charge in [0, 0.05) is 17.4 Å². The van der Waals surface area contributed by atoms with Gasteiger partial charge in [-0.3, -0.25) is 4.79 Å². The molecule has 0 aliphatic rings. The van der Waals surface area contributed by atoms with E-state index in [4.69, 9.17) is 17.3 Å². The summed E-state index contributed by atoms with van der Waals surface area (Å²) in [7, 11) is 0. The van der Waals surface area contributed by atoms with Crippen LogP contribution in [0, 0.1) is 0 Å². The zero-order chi connectivity index (χ0) is 14.1. The molecule has 1 aromatic carbocycles. The molecule has 2 heterocycles. The first-order valence-corrected chi connectivity index (χ1v) is 6.90. The fourth-order valence-electron chi connectivity index (χ4n) is 1.77. The van der Waals surface area contributed by atoms with Crippen molar-refractivity contribution in [3.63, 3.8) is 0 Å². The van der Waals surface area contributed by atoms with Crippen LogP contribution >= 0.6 is 22.9 Å². The Kier molecular flexibility index (Phi) is 3.25. The SMILES string of the molecule is Nc1nc2ccc(C(=O)Nc3ccnc(Cl)c3)cc2s1. The van der Waals surface area contributed by atoms with E-state index in [0.29, 0.717) is 21.5 Å². The minimum Gasteiger partial charge on any atom is -0.375 e. The van der Waals surface area contributed by atoms with Gasteiger partial charge < -0.3 is 11.1 Å². The summed E-state index contributed by atoms with van der Waals surface area (Å²) in [6, 6.07) is 8.51. The first-order chi connectivity index (χ1) is 9.61.